The van der Waals surface area contributed by atoms with Gasteiger partial charge < -0.3 is 0 Å². The third kappa shape index (κ3) is 3.50. The lowest BCUT2D eigenvalue weighted by atomic mass is 9.77. The SMILES string of the molecule is Cc1c(C(=O)N2N=C3/C(=C/c4ccccc4)CCC[C@H]3[C@@H]2c2ccccc2)cnn1C. The van der Waals surface area contributed by atoms with Crippen molar-refractivity contribution < 1.29 is 4.79 Å². The van der Waals surface area contributed by atoms with Crippen molar-refractivity contribution in [2.45, 2.75) is 32.2 Å². The van der Waals surface area contributed by atoms with Gasteiger partial charge in [0, 0.05) is 18.7 Å². The van der Waals surface area contributed by atoms with Crippen molar-refractivity contribution in [1.29, 1.82) is 0 Å². The molecule has 2 aromatic carbocycles. The normalized spacial score (nSPS) is 21.8. The molecule has 0 saturated heterocycles. The molecule has 31 heavy (non-hydrogen) atoms. The molecule has 1 fully saturated rings. The van der Waals surface area contributed by atoms with E-state index in [4.69, 9.17) is 5.10 Å². The molecular formula is C26H26N4O. The van der Waals surface area contributed by atoms with Crippen molar-refractivity contribution in [3.05, 3.63) is 94.8 Å². The third-order valence-electron chi connectivity index (χ3n) is 6.46. The molecular weight excluding hydrogens is 384 g/mol. The molecule has 1 aliphatic carbocycles. The number of carbonyl (C=O) groups is 1. The maximum atomic E-state index is 13.6. The summed E-state index contributed by atoms with van der Waals surface area (Å²) in [6, 6.07) is 20.6. The number of aromatic nitrogens is 2. The van der Waals surface area contributed by atoms with Gasteiger partial charge in [0.25, 0.3) is 5.91 Å². The van der Waals surface area contributed by atoms with Gasteiger partial charge in [-0.1, -0.05) is 60.7 Å². The number of amides is 1. The third-order valence-corrected chi connectivity index (χ3v) is 6.46. The molecule has 2 heterocycles. The summed E-state index contributed by atoms with van der Waals surface area (Å²) in [5.41, 5.74) is 6.06. The number of aryl methyl sites for hydroxylation is 1. The molecule has 0 unspecified atom stereocenters. The Morgan fingerprint density at radius 3 is 2.45 bits per heavy atom. The second-order valence-electron chi connectivity index (χ2n) is 8.34. The lowest BCUT2D eigenvalue weighted by molar-refractivity contribution is 0.0680. The fourth-order valence-corrected chi connectivity index (χ4v) is 4.73. The number of fused-ring (bicyclic) bond motifs is 1. The Kier molecular flexibility index (Phi) is 5.02. The summed E-state index contributed by atoms with van der Waals surface area (Å²) in [5.74, 6) is 0.118. The van der Waals surface area contributed by atoms with Gasteiger partial charge in [-0.3, -0.25) is 9.48 Å². The van der Waals surface area contributed by atoms with Crippen LogP contribution < -0.4 is 0 Å². The number of hydrazone groups is 1. The first kappa shape index (κ1) is 19.5. The summed E-state index contributed by atoms with van der Waals surface area (Å²) in [4.78, 5) is 13.6. The fraction of sp³-hybridized carbons (Fsp3) is 0.269. The summed E-state index contributed by atoms with van der Waals surface area (Å²) in [6.45, 7) is 1.93. The second kappa shape index (κ2) is 7.99. The van der Waals surface area contributed by atoms with Crippen LogP contribution in [0.5, 0.6) is 0 Å². The van der Waals surface area contributed by atoms with E-state index in [0.717, 1.165) is 36.2 Å². The molecule has 1 amide bonds. The van der Waals surface area contributed by atoms with E-state index in [2.05, 4.69) is 47.6 Å². The molecule has 0 radical (unpaired) electrons. The number of carbonyl (C=O) groups excluding carboxylic acids is 1. The Morgan fingerprint density at radius 1 is 1.06 bits per heavy atom. The Morgan fingerprint density at radius 2 is 1.77 bits per heavy atom. The van der Waals surface area contributed by atoms with Crippen LogP contribution in [0.2, 0.25) is 0 Å². The van der Waals surface area contributed by atoms with Crippen LogP contribution in [0, 0.1) is 12.8 Å². The highest BCUT2D eigenvalue weighted by atomic mass is 16.2. The lowest BCUT2D eigenvalue weighted by Crippen LogP contribution is -2.32. The van der Waals surface area contributed by atoms with Crippen molar-refractivity contribution >= 4 is 17.7 Å². The maximum Gasteiger partial charge on any atom is 0.278 e. The lowest BCUT2D eigenvalue weighted by Gasteiger charge is -2.29. The van der Waals surface area contributed by atoms with Crippen molar-refractivity contribution in [3.8, 4) is 0 Å². The van der Waals surface area contributed by atoms with Gasteiger partial charge >= 0.3 is 0 Å². The Bertz CT molecular complexity index is 1160. The smallest absolute Gasteiger partial charge is 0.272 e. The van der Waals surface area contributed by atoms with E-state index in [-0.39, 0.29) is 17.9 Å². The summed E-state index contributed by atoms with van der Waals surface area (Å²) in [6.07, 6.45) is 7.00. The molecule has 1 aromatic heterocycles. The highest BCUT2D eigenvalue weighted by Crippen LogP contribution is 2.45. The molecule has 2 aliphatic rings. The zero-order valence-electron chi connectivity index (χ0n) is 17.9. The van der Waals surface area contributed by atoms with Gasteiger partial charge in [0.15, 0.2) is 0 Å². The number of nitrogens with zero attached hydrogens (tertiary/aromatic N) is 4. The maximum absolute atomic E-state index is 13.6. The molecule has 5 heteroatoms. The first-order valence-electron chi connectivity index (χ1n) is 10.8. The number of allylic oxidation sites excluding steroid dienone is 1. The van der Waals surface area contributed by atoms with Gasteiger partial charge in [0.05, 0.1) is 23.5 Å². The molecule has 0 bridgehead atoms. The molecule has 2 atom stereocenters. The Hall–Kier alpha value is -3.47. The molecule has 5 nitrogen and oxygen atoms in total. The second-order valence-corrected chi connectivity index (χ2v) is 8.34. The van der Waals surface area contributed by atoms with Crippen molar-refractivity contribution in [2.24, 2.45) is 18.1 Å². The zero-order valence-corrected chi connectivity index (χ0v) is 17.9. The van der Waals surface area contributed by atoms with Crippen LogP contribution in [0.3, 0.4) is 0 Å². The standard InChI is InChI=1S/C26H26N4O/c1-18-23(17-27-29(18)2)26(31)30-25(20-12-7-4-8-13-20)22-15-9-14-21(24(22)28-30)16-19-10-5-3-6-11-19/h3-8,10-13,16-17,22,25H,9,14-15H2,1-2H3/b21-16+/t22-,25+/m1/s1. The number of rotatable bonds is 3. The molecule has 5 rings (SSSR count). The van der Waals surface area contributed by atoms with Crippen molar-refractivity contribution in [2.75, 3.05) is 0 Å². The van der Waals surface area contributed by atoms with Crippen LogP contribution in [-0.2, 0) is 7.05 Å². The van der Waals surface area contributed by atoms with Gasteiger partial charge in [-0.05, 0) is 49.0 Å². The minimum atomic E-state index is -0.0946. The largest absolute Gasteiger partial charge is 0.278 e. The van der Waals surface area contributed by atoms with Crippen LogP contribution in [0.4, 0.5) is 0 Å². The van der Waals surface area contributed by atoms with Gasteiger partial charge in [-0.15, -0.1) is 0 Å². The van der Waals surface area contributed by atoms with Crippen LogP contribution in [0.1, 0.15) is 52.5 Å². The van der Waals surface area contributed by atoms with Crippen LogP contribution in [0.25, 0.3) is 6.08 Å². The number of benzene rings is 2. The predicted octanol–water partition coefficient (Wildman–Crippen LogP) is 5.17. The van der Waals surface area contributed by atoms with E-state index >= 15 is 0 Å². The topological polar surface area (TPSA) is 50.5 Å². The van der Waals surface area contributed by atoms with E-state index in [1.807, 2.05) is 38.2 Å². The number of hydrogen-bond acceptors (Lipinski definition) is 3. The van der Waals surface area contributed by atoms with Crippen LogP contribution in [-0.4, -0.2) is 26.4 Å². The Labute approximate surface area is 182 Å². The average molecular weight is 411 g/mol. The minimum absolute atomic E-state index is 0.0829. The molecule has 0 spiro atoms. The van der Waals surface area contributed by atoms with Gasteiger partial charge in [0.1, 0.15) is 0 Å². The van der Waals surface area contributed by atoms with Gasteiger partial charge in [0.2, 0.25) is 0 Å². The minimum Gasteiger partial charge on any atom is -0.272 e. The summed E-state index contributed by atoms with van der Waals surface area (Å²) >= 11 is 0. The monoisotopic (exact) mass is 410 g/mol. The van der Waals surface area contributed by atoms with E-state index in [1.165, 1.54) is 11.1 Å². The van der Waals surface area contributed by atoms with Crippen LogP contribution >= 0.6 is 0 Å². The van der Waals surface area contributed by atoms with E-state index < -0.39 is 0 Å². The molecule has 3 aromatic rings. The van der Waals surface area contributed by atoms with Crippen molar-refractivity contribution in [1.82, 2.24) is 14.8 Å². The molecule has 1 saturated carbocycles. The summed E-state index contributed by atoms with van der Waals surface area (Å²) < 4.78 is 1.74. The summed E-state index contributed by atoms with van der Waals surface area (Å²) in [7, 11) is 1.86. The van der Waals surface area contributed by atoms with Gasteiger partial charge in [-0.25, -0.2) is 5.01 Å². The van der Waals surface area contributed by atoms with E-state index in [0.29, 0.717) is 5.56 Å². The quantitative estimate of drug-likeness (QED) is 0.598. The first-order chi connectivity index (χ1) is 15.1. The molecule has 1 aliphatic heterocycles. The Balaban J connectivity index is 1.59. The summed E-state index contributed by atoms with van der Waals surface area (Å²) in [5, 5.41) is 11.0. The average Bonchev–Trinajstić information content (AvgIpc) is 3.36. The highest BCUT2D eigenvalue weighted by molar-refractivity contribution is 6.09. The van der Waals surface area contributed by atoms with Gasteiger partial charge in [-0.2, -0.15) is 10.2 Å². The van der Waals surface area contributed by atoms with E-state index in [1.54, 1.807) is 15.9 Å². The van der Waals surface area contributed by atoms with Crippen molar-refractivity contribution in [3.63, 3.8) is 0 Å². The predicted molar refractivity (Wildman–Crippen MR) is 122 cm³/mol. The van der Waals surface area contributed by atoms with E-state index in [9.17, 15) is 4.79 Å². The fourth-order valence-electron chi connectivity index (χ4n) is 4.73. The van der Waals surface area contributed by atoms with Crippen LogP contribution in [0.15, 0.2) is 77.5 Å². The first-order valence-corrected chi connectivity index (χ1v) is 10.8. The zero-order chi connectivity index (χ0) is 21.4. The molecule has 156 valence electrons. The molecule has 0 N–H and O–H groups in total. The number of hydrogen-bond donors (Lipinski definition) is 0. The highest BCUT2D eigenvalue weighted by Gasteiger charge is 2.44.